The van der Waals surface area contributed by atoms with Crippen LogP contribution in [0, 0.1) is 0 Å². The molecule has 0 aliphatic rings. The molecule has 0 saturated heterocycles. The number of carbonyl (C=O) groups is 1. The fraction of sp³-hybridized carbons (Fsp3) is 0.417. The van der Waals surface area contributed by atoms with Crippen molar-refractivity contribution < 1.29 is 15.0 Å². The van der Waals surface area contributed by atoms with E-state index in [2.05, 4.69) is 0 Å². The number of phenols is 1. The number of likely N-dealkylation sites (N-methyl/N-ethyl adjacent to an activating group) is 1. The van der Waals surface area contributed by atoms with Crippen LogP contribution in [-0.4, -0.2) is 40.7 Å². The topological polar surface area (TPSA) is 60.8 Å². The number of aliphatic carboxylic acids is 1. The van der Waals surface area contributed by atoms with Crippen LogP contribution in [0.3, 0.4) is 0 Å². The molecule has 0 amide bonds. The third kappa shape index (κ3) is 3.90. The summed E-state index contributed by atoms with van der Waals surface area (Å²) in [7, 11) is 1.79. The van der Waals surface area contributed by atoms with Gasteiger partial charge in [0.2, 0.25) is 0 Å². The first-order valence-electron chi connectivity index (χ1n) is 5.19. The molecule has 0 aliphatic heterocycles. The fourth-order valence-electron chi connectivity index (χ4n) is 1.50. The monoisotopic (exact) mass is 223 g/mol. The molecule has 4 heteroatoms. The van der Waals surface area contributed by atoms with E-state index in [1.807, 2.05) is 19.1 Å². The molecule has 0 aromatic heterocycles. The Morgan fingerprint density at radius 2 is 1.94 bits per heavy atom. The lowest BCUT2D eigenvalue weighted by atomic mass is 10.1. The molecule has 0 radical (unpaired) electrons. The Kier molecular flexibility index (Phi) is 4.31. The average Bonchev–Trinajstić information content (AvgIpc) is 2.20. The lowest BCUT2D eigenvalue weighted by molar-refractivity contribution is -0.138. The number of nitrogens with zero attached hydrogens (tertiary/aromatic N) is 1. The molecule has 16 heavy (non-hydrogen) atoms. The third-order valence-electron chi connectivity index (χ3n) is 2.60. The standard InChI is InChI=1S/C12H17NO3/c1-9(13(2)8-12(15)16)7-10-3-5-11(14)6-4-10/h3-6,9,14H,7-8H2,1-2H3,(H,15,16). The number of hydrogen-bond acceptors (Lipinski definition) is 3. The van der Waals surface area contributed by atoms with E-state index in [9.17, 15) is 4.79 Å². The Morgan fingerprint density at radius 1 is 1.38 bits per heavy atom. The first-order chi connectivity index (χ1) is 7.49. The molecule has 1 unspecified atom stereocenters. The summed E-state index contributed by atoms with van der Waals surface area (Å²) in [6.07, 6.45) is 0.768. The zero-order valence-electron chi connectivity index (χ0n) is 9.55. The molecular weight excluding hydrogens is 206 g/mol. The normalized spacial score (nSPS) is 12.7. The Morgan fingerprint density at radius 3 is 2.44 bits per heavy atom. The molecule has 1 atom stereocenters. The number of aromatic hydroxyl groups is 1. The van der Waals surface area contributed by atoms with Crippen LogP contribution in [0.4, 0.5) is 0 Å². The van der Waals surface area contributed by atoms with E-state index in [1.165, 1.54) is 0 Å². The fourth-order valence-corrected chi connectivity index (χ4v) is 1.50. The number of hydrogen-bond donors (Lipinski definition) is 2. The van der Waals surface area contributed by atoms with E-state index in [4.69, 9.17) is 10.2 Å². The number of carboxylic acid groups (broad SMARTS) is 1. The third-order valence-corrected chi connectivity index (χ3v) is 2.60. The largest absolute Gasteiger partial charge is 0.508 e. The van der Waals surface area contributed by atoms with Gasteiger partial charge in [-0.05, 0) is 38.1 Å². The van der Waals surface area contributed by atoms with Crippen LogP contribution in [0.25, 0.3) is 0 Å². The van der Waals surface area contributed by atoms with E-state index in [0.29, 0.717) is 0 Å². The maximum atomic E-state index is 10.5. The van der Waals surface area contributed by atoms with Gasteiger partial charge in [0.05, 0.1) is 6.54 Å². The Hall–Kier alpha value is -1.55. The van der Waals surface area contributed by atoms with Gasteiger partial charge in [-0.25, -0.2) is 0 Å². The van der Waals surface area contributed by atoms with Crippen molar-refractivity contribution in [1.82, 2.24) is 4.90 Å². The summed E-state index contributed by atoms with van der Waals surface area (Å²) in [4.78, 5) is 12.3. The number of phenolic OH excluding ortho intramolecular Hbond substituents is 1. The van der Waals surface area contributed by atoms with Crippen molar-refractivity contribution in [1.29, 1.82) is 0 Å². The van der Waals surface area contributed by atoms with Crippen molar-refractivity contribution in [2.45, 2.75) is 19.4 Å². The predicted molar refractivity (Wildman–Crippen MR) is 61.5 cm³/mol. The highest BCUT2D eigenvalue weighted by Gasteiger charge is 2.12. The van der Waals surface area contributed by atoms with Gasteiger partial charge < -0.3 is 10.2 Å². The number of rotatable bonds is 5. The highest BCUT2D eigenvalue weighted by atomic mass is 16.4. The van der Waals surface area contributed by atoms with E-state index in [1.54, 1.807) is 24.1 Å². The van der Waals surface area contributed by atoms with E-state index in [0.717, 1.165) is 12.0 Å². The van der Waals surface area contributed by atoms with Crippen molar-refractivity contribution in [3.05, 3.63) is 29.8 Å². The molecule has 4 nitrogen and oxygen atoms in total. The SMILES string of the molecule is CC(Cc1ccc(O)cc1)N(C)CC(=O)O. The zero-order valence-corrected chi connectivity index (χ0v) is 9.55. The summed E-state index contributed by atoms with van der Waals surface area (Å²) in [5.74, 6) is -0.574. The van der Waals surface area contributed by atoms with Gasteiger partial charge in [-0.2, -0.15) is 0 Å². The lowest BCUT2D eigenvalue weighted by Crippen LogP contribution is -2.35. The van der Waals surface area contributed by atoms with Gasteiger partial charge in [-0.15, -0.1) is 0 Å². The van der Waals surface area contributed by atoms with Crippen molar-refractivity contribution in [2.75, 3.05) is 13.6 Å². The van der Waals surface area contributed by atoms with Crippen LogP contribution >= 0.6 is 0 Å². The Balaban J connectivity index is 2.53. The smallest absolute Gasteiger partial charge is 0.317 e. The van der Waals surface area contributed by atoms with Crippen LogP contribution in [0.5, 0.6) is 5.75 Å². The van der Waals surface area contributed by atoms with Gasteiger partial charge >= 0.3 is 5.97 Å². The second-order valence-corrected chi connectivity index (χ2v) is 4.03. The van der Waals surface area contributed by atoms with Crippen molar-refractivity contribution in [3.8, 4) is 5.75 Å². The van der Waals surface area contributed by atoms with E-state index in [-0.39, 0.29) is 18.3 Å². The van der Waals surface area contributed by atoms with E-state index >= 15 is 0 Å². The van der Waals surface area contributed by atoms with Crippen LogP contribution in [0.1, 0.15) is 12.5 Å². The predicted octanol–water partition coefficient (Wildman–Crippen LogP) is 1.34. The van der Waals surface area contributed by atoms with Crippen LogP contribution in [-0.2, 0) is 11.2 Å². The maximum absolute atomic E-state index is 10.5. The minimum absolute atomic E-state index is 0.0409. The van der Waals surface area contributed by atoms with Gasteiger partial charge in [0.1, 0.15) is 5.75 Å². The number of carboxylic acids is 1. The molecule has 0 heterocycles. The summed E-state index contributed by atoms with van der Waals surface area (Å²) in [5.41, 5.74) is 1.09. The highest BCUT2D eigenvalue weighted by Crippen LogP contribution is 2.12. The van der Waals surface area contributed by atoms with E-state index < -0.39 is 5.97 Å². The molecule has 0 fully saturated rings. The van der Waals surface area contributed by atoms with Crippen LogP contribution < -0.4 is 0 Å². The average molecular weight is 223 g/mol. The van der Waals surface area contributed by atoms with Gasteiger partial charge in [-0.1, -0.05) is 12.1 Å². The van der Waals surface area contributed by atoms with Gasteiger partial charge in [0, 0.05) is 6.04 Å². The quantitative estimate of drug-likeness (QED) is 0.790. The summed E-state index contributed by atoms with van der Waals surface area (Å²) < 4.78 is 0. The van der Waals surface area contributed by atoms with Crippen LogP contribution in [0.2, 0.25) is 0 Å². The minimum atomic E-state index is -0.819. The molecule has 1 aromatic carbocycles. The summed E-state index contributed by atoms with van der Waals surface area (Å²) >= 11 is 0. The molecule has 1 rings (SSSR count). The summed E-state index contributed by atoms with van der Waals surface area (Å²) in [6.45, 7) is 2.02. The summed E-state index contributed by atoms with van der Waals surface area (Å²) in [5, 5.41) is 17.8. The molecule has 0 bridgehead atoms. The maximum Gasteiger partial charge on any atom is 0.317 e. The molecule has 1 aromatic rings. The van der Waals surface area contributed by atoms with Gasteiger partial charge in [-0.3, -0.25) is 9.69 Å². The molecule has 0 spiro atoms. The van der Waals surface area contributed by atoms with Crippen molar-refractivity contribution >= 4 is 5.97 Å². The molecular formula is C12H17NO3. The molecule has 0 aliphatic carbocycles. The first-order valence-corrected chi connectivity index (χ1v) is 5.19. The van der Waals surface area contributed by atoms with Crippen LogP contribution in [0.15, 0.2) is 24.3 Å². The molecule has 2 N–H and O–H groups in total. The van der Waals surface area contributed by atoms with Gasteiger partial charge in [0.15, 0.2) is 0 Å². The summed E-state index contributed by atoms with van der Waals surface area (Å²) in [6, 6.07) is 7.12. The molecule has 0 saturated carbocycles. The lowest BCUT2D eigenvalue weighted by Gasteiger charge is -2.22. The van der Waals surface area contributed by atoms with Gasteiger partial charge in [0.25, 0.3) is 0 Å². The Labute approximate surface area is 95.1 Å². The second kappa shape index (κ2) is 5.51. The molecule has 88 valence electrons. The van der Waals surface area contributed by atoms with Crippen molar-refractivity contribution in [3.63, 3.8) is 0 Å². The Bertz CT molecular complexity index is 348. The minimum Gasteiger partial charge on any atom is -0.508 e. The van der Waals surface area contributed by atoms with Crippen molar-refractivity contribution in [2.24, 2.45) is 0 Å². The second-order valence-electron chi connectivity index (χ2n) is 4.03. The zero-order chi connectivity index (χ0) is 12.1. The highest BCUT2D eigenvalue weighted by molar-refractivity contribution is 5.69. The first kappa shape index (κ1) is 12.5. The number of benzene rings is 1.